The third kappa shape index (κ3) is 6.32. The Hall–Kier alpha value is -7.94. The number of anilines is 3. The van der Waals surface area contributed by atoms with Gasteiger partial charge in [-0.2, -0.15) is 0 Å². The van der Waals surface area contributed by atoms with Gasteiger partial charge in [0.25, 0.3) is 0 Å². The highest BCUT2D eigenvalue weighted by Crippen LogP contribution is 2.46. The smallest absolute Gasteiger partial charge is 0.143 e. The van der Waals surface area contributed by atoms with Gasteiger partial charge in [-0.05, 0) is 97.7 Å². The summed E-state index contributed by atoms with van der Waals surface area (Å²) in [6.45, 7) is 0. The molecule has 11 aromatic rings. The standard InChI is InChI=1S/C58H39NO/c1-2-17-41(18-3-1)48-22-6-7-23-50(48)51-24-8-9-25-52(51)53-26-10-12-30-56(53)59(47-21-14-20-44(39-47)45-33-32-40-16-4-5-19-43(40)38-45)46-36-34-42(35-37-46)49-28-15-29-55-54-27-11-13-31-57(54)60-58(49)55/h1-39H. The van der Waals surface area contributed by atoms with Crippen molar-refractivity contribution in [1.82, 2.24) is 0 Å². The average Bonchev–Trinajstić information content (AvgIpc) is 3.71. The summed E-state index contributed by atoms with van der Waals surface area (Å²) in [7, 11) is 0. The molecule has 0 unspecified atom stereocenters. The number of fused-ring (bicyclic) bond motifs is 4. The van der Waals surface area contributed by atoms with Crippen LogP contribution in [-0.2, 0) is 0 Å². The van der Waals surface area contributed by atoms with Gasteiger partial charge in [0, 0.05) is 33.3 Å². The molecule has 1 heterocycles. The summed E-state index contributed by atoms with van der Waals surface area (Å²) in [5, 5.41) is 4.72. The van der Waals surface area contributed by atoms with Crippen molar-refractivity contribution < 1.29 is 4.42 Å². The summed E-state index contributed by atoms with van der Waals surface area (Å²) in [5.74, 6) is 0. The quantitative estimate of drug-likeness (QED) is 0.153. The fraction of sp³-hybridized carbons (Fsp3) is 0. The van der Waals surface area contributed by atoms with E-state index in [1.807, 2.05) is 12.1 Å². The Morgan fingerprint density at radius 1 is 0.283 bits per heavy atom. The van der Waals surface area contributed by atoms with Gasteiger partial charge in [0.1, 0.15) is 11.2 Å². The molecule has 2 heteroatoms. The summed E-state index contributed by atoms with van der Waals surface area (Å²) in [5.41, 5.74) is 16.6. The number of rotatable bonds is 8. The van der Waals surface area contributed by atoms with E-state index in [0.717, 1.165) is 61.3 Å². The molecule has 10 aromatic carbocycles. The van der Waals surface area contributed by atoms with Crippen molar-refractivity contribution in [3.63, 3.8) is 0 Å². The second kappa shape index (κ2) is 15.1. The van der Waals surface area contributed by atoms with Gasteiger partial charge in [0.15, 0.2) is 0 Å². The van der Waals surface area contributed by atoms with Crippen molar-refractivity contribution in [1.29, 1.82) is 0 Å². The molecular weight excluding hydrogens is 727 g/mol. The monoisotopic (exact) mass is 765 g/mol. The first-order valence-corrected chi connectivity index (χ1v) is 20.5. The Morgan fingerprint density at radius 2 is 0.817 bits per heavy atom. The number of hydrogen-bond donors (Lipinski definition) is 0. The lowest BCUT2D eigenvalue weighted by atomic mass is 9.88. The van der Waals surface area contributed by atoms with Gasteiger partial charge < -0.3 is 9.32 Å². The molecule has 0 amide bonds. The maximum Gasteiger partial charge on any atom is 0.143 e. The molecule has 0 spiro atoms. The van der Waals surface area contributed by atoms with Gasteiger partial charge in [0.05, 0.1) is 5.69 Å². The second-order valence-corrected chi connectivity index (χ2v) is 15.2. The van der Waals surface area contributed by atoms with Crippen LogP contribution < -0.4 is 4.90 Å². The molecule has 11 rings (SSSR count). The van der Waals surface area contributed by atoms with E-state index in [0.29, 0.717) is 0 Å². The molecule has 0 aliphatic rings. The second-order valence-electron chi connectivity index (χ2n) is 15.2. The maximum absolute atomic E-state index is 6.47. The zero-order valence-electron chi connectivity index (χ0n) is 32.9. The molecule has 0 aliphatic heterocycles. The molecule has 0 N–H and O–H groups in total. The van der Waals surface area contributed by atoms with E-state index in [-0.39, 0.29) is 0 Å². The Kier molecular flexibility index (Phi) is 8.87. The van der Waals surface area contributed by atoms with Gasteiger partial charge in [-0.15, -0.1) is 0 Å². The van der Waals surface area contributed by atoms with Crippen LogP contribution in [0.3, 0.4) is 0 Å². The minimum absolute atomic E-state index is 0.900. The van der Waals surface area contributed by atoms with Gasteiger partial charge in [-0.3, -0.25) is 0 Å². The van der Waals surface area contributed by atoms with E-state index < -0.39 is 0 Å². The molecule has 0 fully saturated rings. The minimum Gasteiger partial charge on any atom is -0.455 e. The predicted octanol–water partition coefficient (Wildman–Crippen LogP) is 16.5. The molecule has 282 valence electrons. The largest absolute Gasteiger partial charge is 0.455 e. The highest BCUT2D eigenvalue weighted by atomic mass is 16.3. The van der Waals surface area contributed by atoms with Crippen molar-refractivity contribution in [2.45, 2.75) is 0 Å². The number of furan rings is 1. The normalized spacial score (nSPS) is 11.3. The van der Waals surface area contributed by atoms with Gasteiger partial charge in [-0.1, -0.05) is 194 Å². The Bertz CT molecular complexity index is 3320. The Morgan fingerprint density at radius 3 is 1.63 bits per heavy atom. The SMILES string of the molecule is c1ccc(-c2ccccc2-c2ccccc2-c2ccccc2N(c2ccc(-c3cccc4c3oc3ccccc34)cc2)c2cccc(-c3ccc4ccccc4c3)c2)cc1. The molecule has 60 heavy (non-hydrogen) atoms. The van der Waals surface area contributed by atoms with Crippen LogP contribution in [0.5, 0.6) is 0 Å². The van der Waals surface area contributed by atoms with Crippen LogP contribution in [0.4, 0.5) is 17.1 Å². The molecule has 1 aromatic heterocycles. The first kappa shape index (κ1) is 35.2. The number of nitrogens with zero attached hydrogens (tertiary/aromatic N) is 1. The van der Waals surface area contributed by atoms with Gasteiger partial charge in [0.2, 0.25) is 0 Å². The number of benzene rings is 10. The van der Waals surface area contributed by atoms with Crippen molar-refractivity contribution >= 4 is 49.8 Å². The topological polar surface area (TPSA) is 16.4 Å². The Labute approximate surface area is 349 Å². The van der Waals surface area contributed by atoms with Crippen LogP contribution in [0.25, 0.3) is 88.3 Å². The molecule has 0 saturated heterocycles. The first-order valence-electron chi connectivity index (χ1n) is 20.5. The summed E-state index contributed by atoms with van der Waals surface area (Å²) >= 11 is 0. The lowest BCUT2D eigenvalue weighted by molar-refractivity contribution is 0.670. The highest BCUT2D eigenvalue weighted by molar-refractivity contribution is 6.09. The van der Waals surface area contributed by atoms with Crippen molar-refractivity contribution in [3.8, 4) is 55.6 Å². The third-order valence-corrected chi connectivity index (χ3v) is 11.7. The zero-order valence-corrected chi connectivity index (χ0v) is 32.9. The summed E-state index contributed by atoms with van der Waals surface area (Å²) < 4.78 is 6.47. The molecule has 0 atom stereocenters. The highest BCUT2D eigenvalue weighted by Gasteiger charge is 2.21. The summed E-state index contributed by atoms with van der Waals surface area (Å²) in [4.78, 5) is 2.41. The van der Waals surface area contributed by atoms with Crippen LogP contribution in [0, 0.1) is 0 Å². The van der Waals surface area contributed by atoms with Crippen LogP contribution in [-0.4, -0.2) is 0 Å². The lowest BCUT2D eigenvalue weighted by Gasteiger charge is -2.29. The number of hydrogen-bond acceptors (Lipinski definition) is 2. The van der Waals surface area contributed by atoms with E-state index in [1.54, 1.807) is 0 Å². The van der Waals surface area contributed by atoms with E-state index in [1.165, 1.54) is 44.2 Å². The Balaban J connectivity index is 1.08. The minimum atomic E-state index is 0.900. The van der Waals surface area contributed by atoms with Crippen molar-refractivity contribution in [2.75, 3.05) is 4.90 Å². The molecule has 2 nitrogen and oxygen atoms in total. The fourth-order valence-corrected chi connectivity index (χ4v) is 8.82. The van der Waals surface area contributed by atoms with E-state index >= 15 is 0 Å². The molecule has 0 aliphatic carbocycles. The van der Waals surface area contributed by atoms with E-state index in [2.05, 4.69) is 229 Å². The van der Waals surface area contributed by atoms with E-state index in [9.17, 15) is 0 Å². The molecular formula is C58H39NO. The van der Waals surface area contributed by atoms with Crippen LogP contribution in [0.1, 0.15) is 0 Å². The fourth-order valence-electron chi connectivity index (χ4n) is 8.82. The van der Waals surface area contributed by atoms with E-state index in [4.69, 9.17) is 4.42 Å². The first-order chi connectivity index (χ1) is 29.8. The zero-order chi connectivity index (χ0) is 39.8. The molecule has 0 saturated carbocycles. The van der Waals surface area contributed by atoms with Crippen molar-refractivity contribution in [3.05, 3.63) is 237 Å². The van der Waals surface area contributed by atoms with Crippen LogP contribution >= 0.6 is 0 Å². The third-order valence-electron chi connectivity index (χ3n) is 11.7. The predicted molar refractivity (Wildman–Crippen MR) is 253 cm³/mol. The summed E-state index contributed by atoms with van der Waals surface area (Å²) in [6, 6.07) is 84.9. The van der Waals surface area contributed by atoms with Gasteiger partial charge in [-0.25, -0.2) is 0 Å². The summed E-state index contributed by atoms with van der Waals surface area (Å²) in [6.07, 6.45) is 0. The van der Waals surface area contributed by atoms with Crippen LogP contribution in [0.2, 0.25) is 0 Å². The number of para-hydroxylation sites is 3. The van der Waals surface area contributed by atoms with Crippen molar-refractivity contribution in [2.24, 2.45) is 0 Å². The van der Waals surface area contributed by atoms with Gasteiger partial charge >= 0.3 is 0 Å². The molecule has 0 bridgehead atoms. The lowest BCUT2D eigenvalue weighted by Crippen LogP contribution is -2.11. The molecule has 0 radical (unpaired) electrons. The average molecular weight is 766 g/mol. The van der Waals surface area contributed by atoms with Crippen LogP contribution in [0.15, 0.2) is 241 Å². The maximum atomic E-state index is 6.47.